The van der Waals surface area contributed by atoms with Gasteiger partial charge in [0, 0.05) is 6.42 Å². The van der Waals surface area contributed by atoms with E-state index in [1.165, 1.54) is 12.0 Å². The third-order valence-corrected chi connectivity index (χ3v) is 3.96. The quantitative estimate of drug-likeness (QED) is 0.727. The summed E-state index contributed by atoms with van der Waals surface area (Å²) in [7, 11) is 0. The molecule has 1 aromatic rings. The van der Waals surface area contributed by atoms with Gasteiger partial charge in [-0.2, -0.15) is 0 Å². The van der Waals surface area contributed by atoms with Crippen molar-refractivity contribution < 1.29 is 9.53 Å². The molecule has 1 saturated carbocycles. The normalized spacial score (nSPS) is 29.8. The van der Waals surface area contributed by atoms with Gasteiger partial charge in [0.15, 0.2) is 0 Å². The van der Waals surface area contributed by atoms with Gasteiger partial charge < -0.3 is 4.74 Å². The van der Waals surface area contributed by atoms with E-state index in [1.807, 2.05) is 18.2 Å². The van der Waals surface area contributed by atoms with Crippen LogP contribution in [0.4, 0.5) is 0 Å². The summed E-state index contributed by atoms with van der Waals surface area (Å²) in [6, 6.07) is 10.2. The second kappa shape index (κ2) is 3.17. The Kier molecular flexibility index (Phi) is 1.99. The molecule has 0 N–H and O–H groups in total. The first-order chi connectivity index (χ1) is 7.69. The fourth-order valence-electron chi connectivity index (χ4n) is 2.99. The van der Waals surface area contributed by atoms with Crippen LogP contribution in [0, 0.1) is 0 Å². The van der Waals surface area contributed by atoms with Gasteiger partial charge in [0.05, 0.1) is 0 Å². The van der Waals surface area contributed by atoms with E-state index in [-0.39, 0.29) is 17.0 Å². The lowest BCUT2D eigenvalue weighted by Crippen LogP contribution is -2.32. The molecule has 84 valence electrons. The van der Waals surface area contributed by atoms with Crippen molar-refractivity contribution >= 4 is 5.78 Å². The number of epoxide rings is 1. The van der Waals surface area contributed by atoms with Crippen LogP contribution in [0.5, 0.6) is 0 Å². The number of ketones is 1. The Morgan fingerprint density at radius 3 is 2.44 bits per heavy atom. The molecule has 0 amide bonds. The van der Waals surface area contributed by atoms with Gasteiger partial charge in [0.1, 0.15) is 17.0 Å². The molecule has 2 heteroatoms. The Balaban J connectivity index is 1.96. The molecule has 1 aromatic carbocycles. The van der Waals surface area contributed by atoms with Crippen LogP contribution in [-0.4, -0.2) is 11.4 Å². The van der Waals surface area contributed by atoms with Gasteiger partial charge in [-0.25, -0.2) is 0 Å². The molecular formula is C14H16O2. The number of Topliss-reactive ketones (excluding diaryl/α,β-unsaturated/α-hetero) is 1. The maximum absolute atomic E-state index is 11.4. The van der Waals surface area contributed by atoms with E-state index < -0.39 is 0 Å². The summed E-state index contributed by atoms with van der Waals surface area (Å²) in [5, 5.41) is 0. The molecule has 2 nitrogen and oxygen atoms in total. The number of ether oxygens (including phenoxy) is 1. The number of benzene rings is 1. The fourth-order valence-corrected chi connectivity index (χ4v) is 2.99. The summed E-state index contributed by atoms with van der Waals surface area (Å²) >= 11 is 0. The zero-order chi connectivity index (χ0) is 11.2. The predicted octanol–water partition coefficient (Wildman–Crippen LogP) is 2.81. The predicted molar refractivity (Wildman–Crippen MR) is 61.1 cm³/mol. The van der Waals surface area contributed by atoms with Crippen LogP contribution in [0.1, 0.15) is 38.2 Å². The Labute approximate surface area is 95.6 Å². The third-order valence-electron chi connectivity index (χ3n) is 3.96. The molecule has 2 fully saturated rings. The summed E-state index contributed by atoms with van der Waals surface area (Å²) < 4.78 is 6.00. The Morgan fingerprint density at radius 2 is 2.00 bits per heavy atom. The van der Waals surface area contributed by atoms with E-state index in [4.69, 9.17) is 4.74 Å². The monoisotopic (exact) mass is 216 g/mol. The van der Waals surface area contributed by atoms with Gasteiger partial charge in [0.2, 0.25) is 0 Å². The molecule has 1 atom stereocenters. The van der Waals surface area contributed by atoms with Crippen molar-refractivity contribution in [2.45, 2.75) is 43.8 Å². The first kappa shape index (κ1) is 10.0. The zero-order valence-electron chi connectivity index (χ0n) is 9.53. The molecule has 16 heavy (non-hydrogen) atoms. The van der Waals surface area contributed by atoms with E-state index in [2.05, 4.69) is 12.1 Å². The summed E-state index contributed by atoms with van der Waals surface area (Å²) in [5.74, 6) is 0.215. The maximum atomic E-state index is 11.4. The van der Waals surface area contributed by atoms with Crippen molar-refractivity contribution in [3.63, 3.8) is 0 Å². The molecule has 0 radical (unpaired) electrons. The fraction of sp³-hybridized carbons (Fsp3) is 0.500. The van der Waals surface area contributed by atoms with Crippen molar-refractivity contribution in [3.8, 4) is 0 Å². The average Bonchev–Trinajstić information content (AvgIpc) is 2.89. The molecule has 1 unspecified atom stereocenters. The van der Waals surface area contributed by atoms with Gasteiger partial charge in [-0.1, -0.05) is 30.3 Å². The first-order valence-corrected chi connectivity index (χ1v) is 5.94. The standard InChI is InChI=1S/C14H16O2/c1-11(15)10-14(12-6-3-2-4-7-12)13(16-14)8-5-9-13/h2-4,6-7H,5,8-10H2,1H3. The minimum Gasteiger partial charge on any atom is -0.357 e. The van der Waals surface area contributed by atoms with Crippen LogP contribution in [0.15, 0.2) is 30.3 Å². The lowest BCUT2D eigenvalue weighted by atomic mass is 9.71. The number of hydrogen-bond acceptors (Lipinski definition) is 2. The van der Waals surface area contributed by atoms with E-state index in [0.29, 0.717) is 6.42 Å². The summed E-state index contributed by atoms with van der Waals surface area (Å²) in [6.45, 7) is 1.65. The summed E-state index contributed by atoms with van der Waals surface area (Å²) in [5.41, 5.74) is 0.878. The molecule has 0 bridgehead atoms. The van der Waals surface area contributed by atoms with Crippen molar-refractivity contribution in [2.24, 2.45) is 0 Å². The van der Waals surface area contributed by atoms with Gasteiger partial charge in [0.25, 0.3) is 0 Å². The van der Waals surface area contributed by atoms with Crippen molar-refractivity contribution in [2.75, 3.05) is 0 Å². The van der Waals surface area contributed by atoms with Crippen LogP contribution in [0.25, 0.3) is 0 Å². The maximum Gasteiger partial charge on any atom is 0.133 e. The van der Waals surface area contributed by atoms with Crippen molar-refractivity contribution in [1.29, 1.82) is 0 Å². The molecular weight excluding hydrogens is 200 g/mol. The van der Waals surface area contributed by atoms with E-state index in [1.54, 1.807) is 6.92 Å². The third kappa shape index (κ3) is 1.20. The highest BCUT2D eigenvalue weighted by Gasteiger charge is 2.72. The molecule has 1 saturated heterocycles. The van der Waals surface area contributed by atoms with Gasteiger partial charge >= 0.3 is 0 Å². The minimum absolute atomic E-state index is 0.0000231. The van der Waals surface area contributed by atoms with Crippen molar-refractivity contribution in [1.82, 2.24) is 0 Å². The second-order valence-electron chi connectivity index (χ2n) is 5.02. The average molecular weight is 216 g/mol. The molecule has 1 heterocycles. The van der Waals surface area contributed by atoms with Crippen LogP contribution < -0.4 is 0 Å². The summed E-state index contributed by atoms with van der Waals surface area (Å²) in [6.07, 6.45) is 3.97. The largest absolute Gasteiger partial charge is 0.357 e. The van der Waals surface area contributed by atoms with E-state index >= 15 is 0 Å². The van der Waals surface area contributed by atoms with Gasteiger partial charge in [-0.3, -0.25) is 4.79 Å². The molecule has 0 aromatic heterocycles. The highest BCUT2D eigenvalue weighted by atomic mass is 16.6. The Morgan fingerprint density at radius 1 is 1.31 bits per heavy atom. The topological polar surface area (TPSA) is 29.6 Å². The molecule has 3 rings (SSSR count). The molecule has 1 aliphatic carbocycles. The summed E-state index contributed by atoms with van der Waals surface area (Å²) in [4.78, 5) is 11.4. The van der Waals surface area contributed by atoms with Gasteiger partial charge in [-0.15, -0.1) is 0 Å². The highest BCUT2D eigenvalue weighted by molar-refractivity contribution is 5.78. The SMILES string of the molecule is CC(=O)CC1(c2ccccc2)OC12CCC2. The highest BCUT2D eigenvalue weighted by Crippen LogP contribution is 2.67. The first-order valence-electron chi connectivity index (χ1n) is 5.94. The Bertz CT molecular complexity index is 420. The van der Waals surface area contributed by atoms with Crippen LogP contribution in [0.3, 0.4) is 0 Å². The van der Waals surface area contributed by atoms with E-state index in [0.717, 1.165) is 12.8 Å². The van der Waals surface area contributed by atoms with Crippen LogP contribution in [0.2, 0.25) is 0 Å². The van der Waals surface area contributed by atoms with Crippen molar-refractivity contribution in [3.05, 3.63) is 35.9 Å². The smallest absolute Gasteiger partial charge is 0.133 e. The second-order valence-corrected chi connectivity index (χ2v) is 5.02. The van der Waals surface area contributed by atoms with Crippen LogP contribution >= 0.6 is 0 Å². The lowest BCUT2D eigenvalue weighted by molar-refractivity contribution is -0.118. The number of rotatable bonds is 3. The minimum atomic E-state index is -0.293. The molecule has 2 aliphatic rings. The van der Waals surface area contributed by atoms with Crippen LogP contribution in [-0.2, 0) is 15.1 Å². The Hall–Kier alpha value is -1.15. The van der Waals surface area contributed by atoms with Gasteiger partial charge in [-0.05, 0) is 31.7 Å². The van der Waals surface area contributed by atoms with E-state index in [9.17, 15) is 4.79 Å². The lowest BCUT2D eigenvalue weighted by Gasteiger charge is -2.27. The molecule has 1 aliphatic heterocycles. The number of carbonyl (C=O) groups is 1. The molecule has 1 spiro atoms. The number of hydrogen-bond donors (Lipinski definition) is 0. The number of carbonyl (C=O) groups excluding carboxylic acids is 1. The zero-order valence-corrected chi connectivity index (χ0v) is 9.53.